The Bertz CT molecular complexity index is 230. The molecule has 0 amide bonds. The fraction of sp³-hybridized carbons (Fsp3) is 0.750. The number of hydrogen-bond acceptors (Lipinski definition) is 1. The average molecular weight is 178 g/mol. The number of rotatable bonds is 0. The third-order valence-corrected chi connectivity index (χ3v) is 3.30. The van der Waals surface area contributed by atoms with Crippen molar-refractivity contribution in [3.05, 3.63) is 11.1 Å². The van der Waals surface area contributed by atoms with Crippen molar-refractivity contribution in [1.29, 1.82) is 0 Å². The zero-order valence-corrected chi connectivity index (χ0v) is 8.27. The highest BCUT2D eigenvalue weighted by Gasteiger charge is 2.19. The van der Waals surface area contributed by atoms with E-state index in [1.807, 2.05) is 0 Å². The Hall–Kier alpha value is -0.590. The first-order valence-corrected chi connectivity index (χ1v) is 5.62. The fourth-order valence-corrected chi connectivity index (χ4v) is 2.53. The summed E-state index contributed by atoms with van der Waals surface area (Å²) in [5.41, 5.74) is 2.74. The van der Waals surface area contributed by atoms with Gasteiger partial charge in [0.15, 0.2) is 5.78 Å². The predicted molar refractivity (Wildman–Crippen MR) is 53.6 cm³/mol. The second-order valence-electron chi connectivity index (χ2n) is 4.27. The van der Waals surface area contributed by atoms with Gasteiger partial charge in [0.2, 0.25) is 0 Å². The Morgan fingerprint density at radius 1 is 0.692 bits per heavy atom. The second-order valence-corrected chi connectivity index (χ2v) is 4.27. The number of carbonyl (C=O) groups is 1. The molecule has 2 aliphatic rings. The zero-order chi connectivity index (χ0) is 9.10. The van der Waals surface area contributed by atoms with Gasteiger partial charge in [-0.05, 0) is 50.5 Å². The van der Waals surface area contributed by atoms with Crippen LogP contribution in [0.2, 0.25) is 0 Å². The molecule has 1 nitrogen and oxygen atoms in total. The van der Waals surface area contributed by atoms with Crippen molar-refractivity contribution in [3.8, 4) is 0 Å². The molecule has 0 aromatic heterocycles. The van der Waals surface area contributed by atoms with Gasteiger partial charge in [0.05, 0.1) is 0 Å². The predicted octanol–water partition coefficient (Wildman–Crippen LogP) is 3.39. The van der Waals surface area contributed by atoms with Crippen LogP contribution in [0.5, 0.6) is 0 Å². The molecule has 0 radical (unpaired) electrons. The Balaban J connectivity index is 2.13. The van der Waals surface area contributed by atoms with E-state index in [2.05, 4.69) is 0 Å². The van der Waals surface area contributed by atoms with Gasteiger partial charge in [0.1, 0.15) is 0 Å². The van der Waals surface area contributed by atoms with Crippen LogP contribution in [0.15, 0.2) is 11.1 Å². The number of allylic oxidation sites excluding steroid dienone is 2. The first kappa shape index (κ1) is 8.98. The molecule has 0 N–H and O–H groups in total. The third kappa shape index (κ3) is 2.01. The summed E-state index contributed by atoms with van der Waals surface area (Å²) in [5, 5.41) is 0. The summed E-state index contributed by atoms with van der Waals surface area (Å²) in [6, 6.07) is 0. The van der Waals surface area contributed by atoms with Crippen LogP contribution in [0.25, 0.3) is 0 Å². The van der Waals surface area contributed by atoms with Gasteiger partial charge in [-0.3, -0.25) is 4.79 Å². The summed E-state index contributed by atoms with van der Waals surface area (Å²) in [5.74, 6) is 0.461. The van der Waals surface area contributed by atoms with E-state index in [0.717, 1.165) is 19.3 Å². The Kier molecular flexibility index (Phi) is 2.82. The molecule has 2 fully saturated rings. The molecule has 0 spiro atoms. The lowest BCUT2D eigenvalue weighted by molar-refractivity contribution is -0.116. The summed E-state index contributed by atoms with van der Waals surface area (Å²) in [6.07, 6.45) is 10.7. The summed E-state index contributed by atoms with van der Waals surface area (Å²) in [7, 11) is 0. The number of ketones is 1. The van der Waals surface area contributed by atoms with Crippen molar-refractivity contribution in [1.82, 2.24) is 0 Å². The largest absolute Gasteiger partial charge is 0.295 e. The van der Waals surface area contributed by atoms with Gasteiger partial charge in [0, 0.05) is 6.42 Å². The molecule has 0 heterocycles. The van der Waals surface area contributed by atoms with Crippen molar-refractivity contribution < 1.29 is 4.79 Å². The van der Waals surface area contributed by atoms with Crippen LogP contribution in [0, 0.1) is 0 Å². The monoisotopic (exact) mass is 178 g/mol. The molecule has 13 heavy (non-hydrogen) atoms. The Morgan fingerprint density at radius 3 is 2.00 bits per heavy atom. The van der Waals surface area contributed by atoms with Crippen LogP contribution >= 0.6 is 0 Å². The van der Waals surface area contributed by atoms with Crippen molar-refractivity contribution in [3.63, 3.8) is 0 Å². The molecule has 72 valence electrons. The van der Waals surface area contributed by atoms with E-state index in [9.17, 15) is 4.79 Å². The Labute approximate surface area is 80.2 Å². The van der Waals surface area contributed by atoms with Crippen LogP contribution in [-0.2, 0) is 4.79 Å². The number of Topliss-reactive ketones (excluding diaryl/α,β-unsaturated/α-hetero) is 1. The SMILES string of the molecule is O=C1CCCCC1=C1CCCCC1. The van der Waals surface area contributed by atoms with Crippen LogP contribution in [0.1, 0.15) is 57.8 Å². The first-order chi connectivity index (χ1) is 6.38. The van der Waals surface area contributed by atoms with E-state index < -0.39 is 0 Å². The standard InChI is InChI=1S/C12H18O/c13-12-9-5-4-8-11(12)10-6-2-1-3-7-10/h1-9H2. The molecular weight excluding hydrogens is 160 g/mol. The molecule has 2 saturated carbocycles. The Morgan fingerprint density at radius 2 is 1.31 bits per heavy atom. The molecule has 0 aromatic rings. The lowest BCUT2D eigenvalue weighted by Gasteiger charge is -2.21. The van der Waals surface area contributed by atoms with Gasteiger partial charge in [-0.1, -0.05) is 12.0 Å². The third-order valence-electron chi connectivity index (χ3n) is 3.30. The van der Waals surface area contributed by atoms with Gasteiger partial charge >= 0.3 is 0 Å². The van der Waals surface area contributed by atoms with E-state index in [4.69, 9.17) is 0 Å². The van der Waals surface area contributed by atoms with E-state index >= 15 is 0 Å². The van der Waals surface area contributed by atoms with Crippen molar-refractivity contribution in [2.24, 2.45) is 0 Å². The van der Waals surface area contributed by atoms with E-state index in [-0.39, 0.29) is 0 Å². The summed E-state index contributed by atoms with van der Waals surface area (Å²) in [4.78, 5) is 11.6. The lowest BCUT2D eigenvalue weighted by atomic mass is 9.84. The molecule has 0 unspecified atom stereocenters. The van der Waals surface area contributed by atoms with E-state index in [1.165, 1.54) is 49.7 Å². The number of hydrogen-bond donors (Lipinski definition) is 0. The maximum absolute atomic E-state index is 11.6. The maximum atomic E-state index is 11.6. The lowest BCUT2D eigenvalue weighted by Crippen LogP contribution is -2.12. The van der Waals surface area contributed by atoms with Crippen LogP contribution in [0.4, 0.5) is 0 Å². The summed E-state index contributed by atoms with van der Waals surface area (Å²) >= 11 is 0. The molecule has 2 rings (SSSR count). The van der Waals surface area contributed by atoms with Gasteiger partial charge in [-0.25, -0.2) is 0 Å². The molecule has 0 saturated heterocycles. The van der Waals surface area contributed by atoms with Gasteiger partial charge in [-0.2, -0.15) is 0 Å². The van der Waals surface area contributed by atoms with Crippen LogP contribution in [0.3, 0.4) is 0 Å². The minimum Gasteiger partial charge on any atom is -0.295 e. The molecular formula is C12H18O. The van der Waals surface area contributed by atoms with Crippen molar-refractivity contribution >= 4 is 5.78 Å². The van der Waals surface area contributed by atoms with Crippen molar-refractivity contribution in [2.75, 3.05) is 0 Å². The normalized spacial score (nSPS) is 25.1. The van der Waals surface area contributed by atoms with E-state index in [1.54, 1.807) is 0 Å². The summed E-state index contributed by atoms with van der Waals surface area (Å²) < 4.78 is 0. The highest BCUT2D eigenvalue weighted by atomic mass is 16.1. The minimum atomic E-state index is 0.461. The smallest absolute Gasteiger partial charge is 0.158 e. The van der Waals surface area contributed by atoms with Crippen LogP contribution in [-0.4, -0.2) is 5.78 Å². The zero-order valence-electron chi connectivity index (χ0n) is 8.27. The maximum Gasteiger partial charge on any atom is 0.158 e. The second kappa shape index (κ2) is 4.08. The first-order valence-electron chi connectivity index (χ1n) is 5.62. The highest BCUT2D eigenvalue weighted by molar-refractivity contribution is 5.96. The molecule has 2 aliphatic carbocycles. The molecule has 0 aliphatic heterocycles. The van der Waals surface area contributed by atoms with Gasteiger partial charge in [0.25, 0.3) is 0 Å². The average Bonchev–Trinajstić information content (AvgIpc) is 2.20. The number of carbonyl (C=O) groups excluding carboxylic acids is 1. The van der Waals surface area contributed by atoms with Crippen LogP contribution < -0.4 is 0 Å². The van der Waals surface area contributed by atoms with Gasteiger partial charge in [-0.15, -0.1) is 0 Å². The topological polar surface area (TPSA) is 17.1 Å². The minimum absolute atomic E-state index is 0.461. The highest BCUT2D eigenvalue weighted by Crippen LogP contribution is 2.31. The van der Waals surface area contributed by atoms with Gasteiger partial charge < -0.3 is 0 Å². The fourth-order valence-electron chi connectivity index (χ4n) is 2.53. The molecule has 0 bridgehead atoms. The summed E-state index contributed by atoms with van der Waals surface area (Å²) in [6.45, 7) is 0. The molecule has 0 aromatic carbocycles. The quantitative estimate of drug-likeness (QED) is 0.520. The van der Waals surface area contributed by atoms with Crippen molar-refractivity contribution in [2.45, 2.75) is 57.8 Å². The molecule has 0 atom stereocenters. The van der Waals surface area contributed by atoms with E-state index in [0.29, 0.717) is 5.78 Å². The molecule has 1 heteroatoms.